The molecule has 1 heterocycles. The lowest BCUT2D eigenvalue weighted by Gasteiger charge is -2.25. The van der Waals surface area contributed by atoms with E-state index in [4.69, 9.17) is 0 Å². The van der Waals surface area contributed by atoms with Crippen molar-refractivity contribution in [1.29, 1.82) is 0 Å². The quantitative estimate of drug-likeness (QED) is 0.684. The number of alkyl halides is 3. The van der Waals surface area contributed by atoms with E-state index in [0.29, 0.717) is 16.8 Å². The molecule has 7 nitrogen and oxygen atoms in total. The van der Waals surface area contributed by atoms with E-state index in [1.165, 1.54) is 23.1 Å². The number of benzene rings is 2. The van der Waals surface area contributed by atoms with Crippen LogP contribution in [0.2, 0.25) is 0 Å². The molecular formula is C19H19F3N6O. The van der Waals surface area contributed by atoms with Gasteiger partial charge in [0, 0.05) is 12.1 Å². The van der Waals surface area contributed by atoms with Crippen LogP contribution in [-0.2, 0) is 6.18 Å². The van der Waals surface area contributed by atoms with E-state index >= 15 is 0 Å². The van der Waals surface area contributed by atoms with Crippen LogP contribution in [0.4, 0.5) is 13.2 Å². The van der Waals surface area contributed by atoms with Gasteiger partial charge in [-0.05, 0) is 60.4 Å². The molecule has 29 heavy (non-hydrogen) atoms. The van der Waals surface area contributed by atoms with Gasteiger partial charge in [-0.2, -0.15) is 13.2 Å². The Balaban J connectivity index is 1.71. The summed E-state index contributed by atoms with van der Waals surface area (Å²) in [6, 6.07) is 11.4. The molecule has 0 bridgehead atoms. The highest BCUT2D eigenvalue weighted by Gasteiger charge is 2.30. The average Bonchev–Trinajstić information content (AvgIpc) is 3.22. The second-order valence-electron chi connectivity index (χ2n) is 6.61. The number of halogens is 3. The number of carbonyl (C=O) groups excluding carboxylic acids is 1. The van der Waals surface area contributed by atoms with Crippen LogP contribution < -0.4 is 5.32 Å². The van der Waals surface area contributed by atoms with Crippen LogP contribution in [0.3, 0.4) is 0 Å². The highest BCUT2D eigenvalue weighted by Crippen LogP contribution is 2.30. The Bertz CT molecular complexity index is 955. The van der Waals surface area contributed by atoms with Crippen molar-refractivity contribution in [3.05, 3.63) is 71.5 Å². The summed E-state index contributed by atoms with van der Waals surface area (Å²) in [4.78, 5) is 14.4. The first-order valence-electron chi connectivity index (χ1n) is 8.71. The molecule has 0 unspecified atom stereocenters. The fraction of sp³-hybridized carbons (Fsp3) is 0.263. The summed E-state index contributed by atoms with van der Waals surface area (Å²) in [6.07, 6.45) is -2.96. The van der Waals surface area contributed by atoms with Gasteiger partial charge in [0.05, 0.1) is 17.3 Å². The standard InChI is InChI=1S/C19H19F3N6O/c1-27(2)17(13-6-8-15(9-7-13)19(20,21)22)11-23-18(29)14-4-3-5-16(10-14)28-12-24-25-26-28/h3-10,12,17H,11H2,1-2H3,(H,23,29)/t17-/m1/s1. The first kappa shape index (κ1) is 20.5. The summed E-state index contributed by atoms with van der Waals surface area (Å²) in [5.74, 6) is -0.307. The number of amides is 1. The molecule has 10 heteroatoms. The van der Waals surface area contributed by atoms with Crippen molar-refractivity contribution >= 4 is 5.91 Å². The highest BCUT2D eigenvalue weighted by atomic mass is 19.4. The van der Waals surface area contributed by atoms with Crippen LogP contribution >= 0.6 is 0 Å². The number of nitrogens with zero attached hydrogens (tertiary/aromatic N) is 5. The zero-order valence-electron chi connectivity index (χ0n) is 15.8. The van der Waals surface area contributed by atoms with E-state index in [0.717, 1.165) is 12.1 Å². The third kappa shape index (κ3) is 4.96. The van der Waals surface area contributed by atoms with E-state index < -0.39 is 11.7 Å². The number of tetrazole rings is 1. The number of nitrogens with one attached hydrogen (secondary N) is 1. The van der Waals surface area contributed by atoms with Crippen molar-refractivity contribution in [3.63, 3.8) is 0 Å². The topological polar surface area (TPSA) is 75.9 Å². The molecule has 2 aromatic carbocycles. The SMILES string of the molecule is CN(C)[C@H](CNC(=O)c1cccc(-n2cnnn2)c1)c1ccc(C(F)(F)F)cc1. The average molecular weight is 404 g/mol. The molecule has 0 aliphatic heterocycles. The monoisotopic (exact) mass is 404 g/mol. The van der Waals surface area contributed by atoms with E-state index in [9.17, 15) is 18.0 Å². The molecule has 0 fully saturated rings. The maximum Gasteiger partial charge on any atom is 0.416 e. The van der Waals surface area contributed by atoms with E-state index in [1.54, 1.807) is 38.4 Å². The predicted molar refractivity (Wildman–Crippen MR) is 99.4 cm³/mol. The molecule has 0 spiro atoms. The second kappa shape index (κ2) is 8.39. The van der Waals surface area contributed by atoms with Gasteiger partial charge >= 0.3 is 6.18 Å². The lowest BCUT2D eigenvalue weighted by molar-refractivity contribution is -0.137. The third-order valence-electron chi connectivity index (χ3n) is 4.42. The van der Waals surface area contributed by atoms with E-state index in [1.807, 2.05) is 4.90 Å². The van der Waals surface area contributed by atoms with Gasteiger partial charge in [0.2, 0.25) is 0 Å². The highest BCUT2D eigenvalue weighted by molar-refractivity contribution is 5.94. The molecule has 0 saturated heterocycles. The Morgan fingerprint density at radius 2 is 1.90 bits per heavy atom. The van der Waals surface area contributed by atoms with Gasteiger partial charge in [-0.15, -0.1) is 5.10 Å². The summed E-state index contributed by atoms with van der Waals surface area (Å²) < 4.78 is 39.8. The number of hydrogen-bond donors (Lipinski definition) is 1. The Kier molecular flexibility index (Phi) is 5.92. The molecule has 152 valence electrons. The summed E-state index contributed by atoms with van der Waals surface area (Å²) in [6.45, 7) is 0.228. The van der Waals surface area contributed by atoms with Crippen LogP contribution in [-0.4, -0.2) is 51.7 Å². The maximum atomic E-state index is 12.8. The lowest BCUT2D eigenvalue weighted by Crippen LogP contribution is -2.34. The van der Waals surface area contributed by atoms with Gasteiger partial charge in [-0.1, -0.05) is 18.2 Å². The van der Waals surface area contributed by atoms with E-state index in [2.05, 4.69) is 20.8 Å². The number of likely N-dealkylation sites (N-methyl/N-ethyl adjacent to an activating group) is 1. The summed E-state index contributed by atoms with van der Waals surface area (Å²) in [5.41, 5.74) is 1.02. The van der Waals surface area contributed by atoms with Gasteiger partial charge in [0.25, 0.3) is 5.91 Å². The van der Waals surface area contributed by atoms with Gasteiger partial charge in [-0.3, -0.25) is 4.79 Å². The minimum atomic E-state index is -4.38. The predicted octanol–water partition coefficient (Wildman–Crippen LogP) is 2.71. The van der Waals surface area contributed by atoms with Crippen LogP contribution in [0.1, 0.15) is 27.5 Å². The van der Waals surface area contributed by atoms with Gasteiger partial charge in [0.1, 0.15) is 6.33 Å². The van der Waals surface area contributed by atoms with Crippen molar-refractivity contribution in [2.75, 3.05) is 20.6 Å². The summed E-state index contributed by atoms with van der Waals surface area (Å²) >= 11 is 0. The molecule has 0 aliphatic carbocycles. The second-order valence-corrected chi connectivity index (χ2v) is 6.61. The van der Waals surface area contributed by atoms with Crippen LogP contribution in [0.25, 0.3) is 5.69 Å². The first-order chi connectivity index (χ1) is 13.8. The Morgan fingerprint density at radius 1 is 1.17 bits per heavy atom. The molecule has 0 aliphatic rings. The van der Waals surface area contributed by atoms with Crippen LogP contribution in [0.5, 0.6) is 0 Å². The Hall–Kier alpha value is -3.27. The first-order valence-corrected chi connectivity index (χ1v) is 8.71. The Labute approximate surface area is 165 Å². The van der Waals surface area contributed by atoms with Crippen molar-refractivity contribution in [2.45, 2.75) is 12.2 Å². The molecule has 1 aromatic heterocycles. The minimum Gasteiger partial charge on any atom is -0.350 e. The van der Waals surface area contributed by atoms with Crippen molar-refractivity contribution < 1.29 is 18.0 Å². The van der Waals surface area contributed by atoms with Gasteiger partial charge in [0.15, 0.2) is 0 Å². The number of aromatic nitrogens is 4. The zero-order valence-corrected chi connectivity index (χ0v) is 15.8. The molecule has 0 radical (unpaired) electrons. The number of carbonyl (C=O) groups is 1. The maximum absolute atomic E-state index is 12.8. The largest absolute Gasteiger partial charge is 0.416 e. The fourth-order valence-electron chi connectivity index (χ4n) is 2.85. The van der Waals surface area contributed by atoms with Gasteiger partial charge in [-0.25, -0.2) is 4.68 Å². The molecule has 1 atom stereocenters. The van der Waals surface area contributed by atoms with Crippen molar-refractivity contribution in [2.24, 2.45) is 0 Å². The van der Waals surface area contributed by atoms with Crippen LogP contribution in [0, 0.1) is 0 Å². The zero-order chi connectivity index (χ0) is 21.0. The summed E-state index contributed by atoms with van der Waals surface area (Å²) in [7, 11) is 3.60. The Morgan fingerprint density at radius 3 is 2.48 bits per heavy atom. The third-order valence-corrected chi connectivity index (χ3v) is 4.42. The molecule has 3 rings (SSSR count). The van der Waals surface area contributed by atoms with Crippen LogP contribution in [0.15, 0.2) is 54.9 Å². The number of rotatable bonds is 6. The fourth-order valence-corrected chi connectivity index (χ4v) is 2.85. The van der Waals surface area contributed by atoms with E-state index in [-0.39, 0.29) is 18.5 Å². The molecule has 1 N–H and O–H groups in total. The lowest BCUT2D eigenvalue weighted by atomic mass is 10.0. The molecule has 0 saturated carbocycles. The molecule has 3 aromatic rings. The number of hydrogen-bond acceptors (Lipinski definition) is 5. The van der Waals surface area contributed by atoms with Crippen molar-refractivity contribution in [3.8, 4) is 5.69 Å². The minimum absolute atomic E-state index is 0.228. The smallest absolute Gasteiger partial charge is 0.350 e. The normalized spacial score (nSPS) is 12.8. The van der Waals surface area contributed by atoms with Gasteiger partial charge < -0.3 is 10.2 Å². The summed E-state index contributed by atoms with van der Waals surface area (Å²) in [5, 5.41) is 13.7. The molecular weight excluding hydrogens is 385 g/mol. The van der Waals surface area contributed by atoms with Crippen molar-refractivity contribution in [1.82, 2.24) is 30.4 Å². The molecule has 1 amide bonds.